The molecular formula is C51H88NO8P. The highest BCUT2D eigenvalue weighted by molar-refractivity contribution is 7.47. The Kier molecular flexibility index (Phi) is 44.5. The monoisotopic (exact) mass is 874 g/mol. The van der Waals surface area contributed by atoms with Crippen LogP contribution in [0.5, 0.6) is 0 Å². The van der Waals surface area contributed by atoms with Gasteiger partial charge in [-0.1, -0.05) is 170 Å². The number of allylic oxidation sites excluding steroid dienone is 14. The highest BCUT2D eigenvalue weighted by atomic mass is 31.2. The molecule has 0 aliphatic heterocycles. The molecule has 0 aliphatic rings. The SMILES string of the molecule is CCCCC/C=C\C/C=C\C/C=C\C/C=C\CCCCCC(=O)OCC(O)COP(=O)(O)OCCNC(=O)CCCCCCCCCC/C=C\C/C=C\C/C=C\CCCCC. The van der Waals surface area contributed by atoms with E-state index in [1.807, 2.05) is 0 Å². The Labute approximate surface area is 373 Å². The lowest BCUT2D eigenvalue weighted by Crippen LogP contribution is -2.27. The van der Waals surface area contributed by atoms with Gasteiger partial charge in [0.1, 0.15) is 12.7 Å². The Morgan fingerprint density at radius 3 is 1.34 bits per heavy atom. The standard InChI is InChI=1S/C51H88NO8P/c1-3-5-7-9-11-13-15-17-19-21-23-24-26-27-29-31-33-35-37-39-41-43-50(54)52-45-46-59-61(56,57)60-48-49(53)47-58-51(55)44-42-40-38-36-34-32-30-28-25-22-20-18-16-14-12-10-8-6-4-2/h11-14,17-20,23-25,28,32,34,49,53H,3-10,15-16,21-22,26-27,29-31,33,35-48H2,1-2H3,(H,52,54)(H,56,57)/b13-11-,14-12-,19-17-,20-18-,24-23-,28-25-,34-32-. The average molecular weight is 874 g/mol. The first-order valence-electron chi connectivity index (χ1n) is 24.1. The van der Waals surface area contributed by atoms with Gasteiger partial charge in [-0.25, -0.2) is 4.57 Å². The van der Waals surface area contributed by atoms with Crippen LogP contribution in [0.3, 0.4) is 0 Å². The first-order chi connectivity index (χ1) is 29.8. The Morgan fingerprint density at radius 1 is 0.508 bits per heavy atom. The molecule has 3 N–H and O–H groups in total. The van der Waals surface area contributed by atoms with E-state index >= 15 is 0 Å². The summed E-state index contributed by atoms with van der Waals surface area (Å²) in [5, 5.41) is 12.7. The summed E-state index contributed by atoms with van der Waals surface area (Å²) in [5.74, 6) is -0.559. The van der Waals surface area contributed by atoms with Crippen molar-refractivity contribution in [2.75, 3.05) is 26.4 Å². The maximum Gasteiger partial charge on any atom is 0.472 e. The van der Waals surface area contributed by atoms with Crippen molar-refractivity contribution in [2.24, 2.45) is 0 Å². The van der Waals surface area contributed by atoms with Crippen LogP contribution in [-0.2, 0) is 27.9 Å². The molecule has 350 valence electrons. The van der Waals surface area contributed by atoms with Crippen molar-refractivity contribution in [2.45, 2.75) is 200 Å². The summed E-state index contributed by atoms with van der Waals surface area (Å²) >= 11 is 0. The summed E-state index contributed by atoms with van der Waals surface area (Å²) in [5.41, 5.74) is 0. The maximum absolute atomic E-state index is 12.1. The summed E-state index contributed by atoms with van der Waals surface area (Å²) in [6.45, 7) is 3.45. The van der Waals surface area contributed by atoms with E-state index in [9.17, 15) is 24.2 Å². The molecule has 0 fully saturated rings. The smallest absolute Gasteiger partial charge is 0.463 e. The van der Waals surface area contributed by atoms with Crippen molar-refractivity contribution in [3.63, 3.8) is 0 Å². The van der Waals surface area contributed by atoms with E-state index in [1.165, 1.54) is 83.5 Å². The third kappa shape index (κ3) is 48.1. The number of carbonyl (C=O) groups excluding carboxylic acids is 2. The van der Waals surface area contributed by atoms with E-state index in [0.29, 0.717) is 12.8 Å². The van der Waals surface area contributed by atoms with E-state index in [0.717, 1.165) is 77.0 Å². The summed E-state index contributed by atoms with van der Waals surface area (Å²) < 4.78 is 26.9. The number of aliphatic hydroxyl groups is 1. The fraction of sp³-hybridized carbons (Fsp3) is 0.686. The minimum absolute atomic E-state index is 0.0687. The maximum atomic E-state index is 12.1. The van der Waals surface area contributed by atoms with Crippen LogP contribution in [0.1, 0.15) is 194 Å². The van der Waals surface area contributed by atoms with Crippen LogP contribution in [0, 0.1) is 0 Å². The number of aliphatic hydroxyl groups excluding tert-OH is 1. The number of hydrogen-bond donors (Lipinski definition) is 3. The van der Waals surface area contributed by atoms with Gasteiger partial charge in [0.2, 0.25) is 5.91 Å². The van der Waals surface area contributed by atoms with E-state index in [1.54, 1.807) is 0 Å². The van der Waals surface area contributed by atoms with Crippen LogP contribution < -0.4 is 5.32 Å². The molecule has 2 atom stereocenters. The largest absolute Gasteiger partial charge is 0.472 e. The van der Waals surface area contributed by atoms with Crippen molar-refractivity contribution < 1.29 is 37.9 Å². The fourth-order valence-corrected chi connectivity index (χ4v) is 6.89. The molecule has 0 radical (unpaired) electrons. The predicted octanol–water partition coefficient (Wildman–Crippen LogP) is 14.0. The molecule has 0 rings (SSSR count). The number of esters is 1. The zero-order valence-electron chi connectivity index (χ0n) is 38.6. The van der Waals surface area contributed by atoms with Crippen molar-refractivity contribution in [1.82, 2.24) is 5.32 Å². The number of nitrogens with one attached hydrogen (secondary N) is 1. The zero-order chi connectivity index (χ0) is 44.6. The van der Waals surface area contributed by atoms with Crippen molar-refractivity contribution in [3.05, 3.63) is 85.1 Å². The lowest BCUT2D eigenvalue weighted by atomic mass is 10.1. The number of phosphoric ester groups is 1. The molecule has 0 saturated carbocycles. The minimum atomic E-state index is -4.44. The molecule has 2 unspecified atom stereocenters. The van der Waals surface area contributed by atoms with Gasteiger partial charge < -0.3 is 20.1 Å². The molecular weight excluding hydrogens is 786 g/mol. The summed E-state index contributed by atoms with van der Waals surface area (Å²) in [6.07, 6.45) is 59.4. The second-order valence-electron chi connectivity index (χ2n) is 15.7. The van der Waals surface area contributed by atoms with Gasteiger partial charge in [0.25, 0.3) is 0 Å². The number of rotatable bonds is 44. The molecule has 0 bridgehead atoms. The summed E-state index contributed by atoms with van der Waals surface area (Å²) in [7, 11) is -4.44. The number of hydrogen-bond acceptors (Lipinski definition) is 7. The highest BCUT2D eigenvalue weighted by Gasteiger charge is 2.23. The lowest BCUT2D eigenvalue weighted by Gasteiger charge is -2.15. The molecule has 61 heavy (non-hydrogen) atoms. The van der Waals surface area contributed by atoms with Crippen LogP contribution in [-0.4, -0.2) is 54.3 Å². The number of unbranched alkanes of at least 4 members (excludes halogenated alkanes) is 17. The Hall–Kier alpha value is -2.81. The zero-order valence-corrected chi connectivity index (χ0v) is 39.5. The third-order valence-corrected chi connectivity index (χ3v) is 10.8. The molecule has 0 aromatic heterocycles. The van der Waals surface area contributed by atoms with Gasteiger partial charge in [-0.15, -0.1) is 0 Å². The Morgan fingerprint density at radius 2 is 0.885 bits per heavy atom. The molecule has 1 amide bonds. The molecule has 0 heterocycles. The van der Waals surface area contributed by atoms with E-state index in [4.69, 9.17) is 13.8 Å². The molecule has 10 heteroatoms. The minimum Gasteiger partial charge on any atom is -0.463 e. The van der Waals surface area contributed by atoms with Gasteiger partial charge in [0.05, 0.1) is 13.2 Å². The van der Waals surface area contributed by atoms with Crippen LogP contribution >= 0.6 is 7.82 Å². The molecule has 0 aromatic rings. The van der Waals surface area contributed by atoms with Crippen molar-refractivity contribution >= 4 is 19.7 Å². The van der Waals surface area contributed by atoms with Crippen LogP contribution in [0.15, 0.2) is 85.1 Å². The lowest BCUT2D eigenvalue weighted by molar-refractivity contribution is -0.147. The van der Waals surface area contributed by atoms with Gasteiger partial charge in [-0.3, -0.25) is 18.6 Å². The number of ether oxygens (including phenoxy) is 1. The normalized spacial score (nSPS) is 14.0. The Balaban J connectivity index is 3.66. The topological polar surface area (TPSA) is 131 Å². The van der Waals surface area contributed by atoms with Gasteiger partial charge in [0.15, 0.2) is 0 Å². The second-order valence-corrected chi connectivity index (χ2v) is 17.2. The second kappa shape index (κ2) is 46.7. The van der Waals surface area contributed by atoms with Gasteiger partial charge >= 0.3 is 13.8 Å². The number of carbonyl (C=O) groups is 2. The van der Waals surface area contributed by atoms with Crippen molar-refractivity contribution in [1.29, 1.82) is 0 Å². The molecule has 0 aliphatic carbocycles. The Bertz CT molecular complexity index is 1270. The van der Waals surface area contributed by atoms with Gasteiger partial charge in [-0.05, 0) is 96.3 Å². The number of phosphoric acid groups is 1. The van der Waals surface area contributed by atoms with Crippen LogP contribution in [0.4, 0.5) is 0 Å². The first kappa shape index (κ1) is 58.2. The van der Waals surface area contributed by atoms with Crippen LogP contribution in [0.2, 0.25) is 0 Å². The van der Waals surface area contributed by atoms with E-state index in [-0.39, 0.29) is 32.1 Å². The van der Waals surface area contributed by atoms with Crippen LogP contribution in [0.25, 0.3) is 0 Å². The quantitative estimate of drug-likeness (QED) is 0.0239. The molecule has 0 aromatic carbocycles. The predicted molar refractivity (Wildman–Crippen MR) is 256 cm³/mol. The molecule has 0 spiro atoms. The third-order valence-electron chi connectivity index (χ3n) is 9.80. The summed E-state index contributed by atoms with van der Waals surface area (Å²) in [6, 6.07) is 0. The van der Waals surface area contributed by atoms with Gasteiger partial charge in [0, 0.05) is 19.4 Å². The number of amides is 1. The van der Waals surface area contributed by atoms with E-state index in [2.05, 4.69) is 104 Å². The fourth-order valence-electron chi connectivity index (χ4n) is 6.13. The van der Waals surface area contributed by atoms with Crippen molar-refractivity contribution in [3.8, 4) is 0 Å². The average Bonchev–Trinajstić information content (AvgIpc) is 3.25. The molecule has 9 nitrogen and oxygen atoms in total. The highest BCUT2D eigenvalue weighted by Crippen LogP contribution is 2.42. The van der Waals surface area contributed by atoms with E-state index < -0.39 is 26.5 Å². The molecule has 0 saturated heterocycles. The van der Waals surface area contributed by atoms with Gasteiger partial charge in [-0.2, -0.15) is 0 Å². The summed E-state index contributed by atoms with van der Waals surface area (Å²) in [4.78, 5) is 34.0. The first-order valence-corrected chi connectivity index (χ1v) is 25.6.